The smallest absolute Gasteiger partial charge is 0.160 e. The topological polar surface area (TPSA) is 38.7 Å². The molecule has 30 heavy (non-hydrogen) atoms. The molecule has 0 aliphatic heterocycles. The van der Waals surface area contributed by atoms with Crippen LogP contribution < -0.4 is 0 Å². The zero-order valence-electron chi connectivity index (χ0n) is 16.3. The van der Waals surface area contributed by atoms with E-state index in [2.05, 4.69) is 59.6 Å². The number of benzene rings is 3. The molecule has 0 radical (unpaired) electrons. The minimum Gasteiger partial charge on any atom is -0.264 e. The van der Waals surface area contributed by atoms with Gasteiger partial charge in [-0.15, -0.1) is 0 Å². The van der Waals surface area contributed by atoms with Crippen molar-refractivity contribution in [3.05, 3.63) is 116 Å². The highest BCUT2D eigenvalue weighted by Gasteiger charge is 2.11. The van der Waals surface area contributed by atoms with Gasteiger partial charge in [0.2, 0.25) is 0 Å². The second kappa shape index (κ2) is 8.10. The lowest BCUT2D eigenvalue weighted by atomic mass is 10.0. The minimum atomic E-state index is 0.709. The molecule has 0 aliphatic carbocycles. The molecule has 0 saturated carbocycles. The molecule has 0 unspecified atom stereocenters. The molecule has 0 saturated heterocycles. The van der Waals surface area contributed by atoms with E-state index < -0.39 is 0 Å². The summed E-state index contributed by atoms with van der Waals surface area (Å²) in [5.41, 5.74) is 7.10. The van der Waals surface area contributed by atoms with E-state index in [9.17, 15) is 0 Å². The Kier molecular flexibility index (Phi) is 4.84. The van der Waals surface area contributed by atoms with Crippen molar-refractivity contribution in [3.63, 3.8) is 0 Å². The van der Waals surface area contributed by atoms with E-state index in [-0.39, 0.29) is 0 Å². The van der Waals surface area contributed by atoms with E-state index in [1.54, 1.807) is 6.20 Å². The van der Waals surface area contributed by atoms with Gasteiger partial charge in [-0.3, -0.25) is 4.98 Å². The maximum Gasteiger partial charge on any atom is 0.160 e. The van der Waals surface area contributed by atoms with Gasteiger partial charge in [-0.05, 0) is 23.8 Å². The van der Waals surface area contributed by atoms with Crippen LogP contribution in [0.25, 0.3) is 45.0 Å². The highest BCUT2D eigenvalue weighted by atomic mass is 14.9. The minimum absolute atomic E-state index is 0.709. The highest BCUT2D eigenvalue weighted by Crippen LogP contribution is 2.29. The Bertz CT molecular complexity index is 1210. The number of hydrogen-bond donors (Lipinski definition) is 0. The third kappa shape index (κ3) is 3.74. The zero-order chi connectivity index (χ0) is 20.2. The highest BCUT2D eigenvalue weighted by molar-refractivity contribution is 5.74. The van der Waals surface area contributed by atoms with Crippen LogP contribution in [0.2, 0.25) is 0 Å². The second-order valence-electron chi connectivity index (χ2n) is 7.02. The second-order valence-corrected chi connectivity index (χ2v) is 7.02. The SMILES string of the molecule is c1ccc(-c2cc(-c3ccccc3)nc(-c3cccc(-c4cccnc4)c3)n2)cc1. The first kappa shape index (κ1) is 18.0. The molecule has 3 nitrogen and oxygen atoms in total. The van der Waals surface area contributed by atoms with E-state index >= 15 is 0 Å². The Labute approximate surface area is 175 Å². The van der Waals surface area contributed by atoms with Crippen LogP contribution in [0.1, 0.15) is 0 Å². The fourth-order valence-corrected chi connectivity index (χ4v) is 3.46. The average molecular weight is 385 g/mol. The van der Waals surface area contributed by atoms with Crippen LogP contribution in [0.5, 0.6) is 0 Å². The summed E-state index contributed by atoms with van der Waals surface area (Å²) in [6.07, 6.45) is 3.65. The van der Waals surface area contributed by atoms with Gasteiger partial charge in [0.05, 0.1) is 11.4 Å². The molecule has 0 amide bonds. The molecule has 0 spiro atoms. The molecule has 2 heterocycles. The van der Waals surface area contributed by atoms with Crippen LogP contribution in [0, 0.1) is 0 Å². The summed E-state index contributed by atoms with van der Waals surface area (Å²) < 4.78 is 0. The van der Waals surface area contributed by atoms with Crippen LogP contribution >= 0.6 is 0 Å². The Balaban J connectivity index is 1.67. The largest absolute Gasteiger partial charge is 0.264 e. The van der Waals surface area contributed by atoms with Crippen molar-refractivity contribution in [3.8, 4) is 45.0 Å². The maximum atomic E-state index is 4.91. The van der Waals surface area contributed by atoms with E-state index in [0.29, 0.717) is 5.82 Å². The van der Waals surface area contributed by atoms with Gasteiger partial charge in [-0.1, -0.05) is 84.9 Å². The van der Waals surface area contributed by atoms with Gasteiger partial charge in [-0.2, -0.15) is 0 Å². The van der Waals surface area contributed by atoms with Crippen molar-refractivity contribution >= 4 is 0 Å². The fourth-order valence-electron chi connectivity index (χ4n) is 3.46. The zero-order valence-corrected chi connectivity index (χ0v) is 16.3. The lowest BCUT2D eigenvalue weighted by molar-refractivity contribution is 1.18. The number of aromatic nitrogens is 3. The van der Waals surface area contributed by atoms with Crippen LogP contribution in [-0.2, 0) is 0 Å². The number of rotatable bonds is 4. The first-order chi connectivity index (χ1) is 14.9. The molecule has 2 aromatic heterocycles. The van der Waals surface area contributed by atoms with Gasteiger partial charge >= 0.3 is 0 Å². The predicted molar refractivity (Wildman–Crippen MR) is 122 cm³/mol. The van der Waals surface area contributed by atoms with Crippen molar-refractivity contribution < 1.29 is 0 Å². The van der Waals surface area contributed by atoms with Crippen molar-refractivity contribution in [2.45, 2.75) is 0 Å². The molecule has 0 aliphatic rings. The van der Waals surface area contributed by atoms with Crippen LogP contribution in [-0.4, -0.2) is 15.0 Å². The maximum absolute atomic E-state index is 4.91. The standard InChI is InChI=1S/C27H19N3/c1-3-9-20(10-4-1)25-18-26(21-11-5-2-6-12-21)30-27(29-25)23-14-7-13-22(17-23)24-15-8-16-28-19-24/h1-19H. The van der Waals surface area contributed by atoms with E-state index in [1.807, 2.05) is 54.7 Å². The van der Waals surface area contributed by atoms with Gasteiger partial charge in [0.15, 0.2) is 5.82 Å². The number of pyridine rings is 1. The van der Waals surface area contributed by atoms with Crippen LogP contribution in [0.15, 0.2) is 116 Å². The van der Waals surface area contributed by atoms with Crippen LogP contribution in [0.4, 0.5) is 0 Å². The third-order valence-corrected chi connectivity index (χ3v) is 4.98. The summed E-state index contributed by atoms with van der Waals surface area (Å²) in [6.45, 7) is 0. The Morgan fingerprint density at radius 3 is 1.60 bits per heavy atom. The lowest BCUT2D eigenvalue weighted by Gasteiger charge is -2.10. The van der Waals surface area contributed by atoms with E-state index in [1.165, 1.54) is 0 Å². The number of hydrogen-bond acceptors (Lipinski definition) is 3. The summed E-state index contributed by atoms with van der Waals surface area (Å²) in [5, 5.41) is 0. The lowest BCUT2D eigenvalue weighted by Crippen LogP contribution is -1.96. The quantitative estimate of drug-likeness (QED) is 0.352. The molecular weight excluding hydrogens is 366 g/mol. The molecule has 3 aromatic carbocycles. The first-order valence-corrected chi connectivity index (χ1v) is 9.87. The summed E-state index contributed by atoms with van der Waals surface area (Å²) in [4.78, 5) is 14.1. The van der Waals surface area contributed by atoms with Crippen LogP contribution in [0.3, 0.4) is 0 Å². The first-order valence-electron chi connectivity index (χ1n) is 9.87. The number of nitrogens with zero attached hydrogens (tertiary/aromatic N) is 3. The van der Waals surface area contributed by atoms with E-state index in [0.717, 1.165) is 39.2 Å². The normalized spacial score (nSPS) is 10.7. The van der Waals surface area contributed by atoms with Crippen molar-refractivity contribution in [1.82, 2.24) is 15.0 Å². The van der Waals surface area contributed by atoms with E-state index in [4.69, 9.17) is 9.97 Å². The molecule has 5 aromatic rings. The molecule has 0 bridgehead atoms. The Morgan fingerprint density at radius 2 is 1.00 bits per heavy atom. The molecule has 0 atom stereocenters. The third-order valence-electron chi connectivity index (χ3n) is 4.98. The summed E-state index contributed by atoms with van der Waals surface area (Å²) >= 11 is 0. The molecular formula is C27H19N3. The Hall–Kier alpha value is -4.11. The monoisotopic (exact) mass is 385 g/mol. The molecule has 3 heteroatoms. The molecule has 5 rings (SSSR count). The molecule has 0 N–H and O–H groups in total. The van der Waals surface area contributed by atoms with Crippen molar-refractivity contribution in [2.75, 3.05) is 0 Å². The Morgan fingerprint density at radius 1 is 0.433 bits per heavy atom. The van der Waals surface area contributed by atoms with Gasteiger partial charge in [0.25, 0.3) is 0 Å². The van der Waals surface area contributed by atoms with Crippen molar-refractivity contribution in [1.29, 1.82) is 0 Å². The predicted octanol–water partition coefficient (Wildman–Crippen LogP) is 6.54. The van der Waals surface area contributed by atoms with Gasteiger partial charge < -0.3 is 0 Å². The summed E-state index contributed by atoms with van der Waals surface area (Å²) in [7, 11) is 0. The van der Waals surface area contributed by atoms with Gasteiger partial charge in [0, 0.05) is 34.6 Å². The fraction of sp³-hybridized carbons (Fsp3) is 0. The summed E-state index contributed by atoms with van der Waals surface area (Å²) in [6, 6.07) is 34.8. The van der Waals surface area contributed by atoms with Gasteiger partial charge in [0.1, 0.15) is 0 Å². The van der Waals surface area contributed by atoms with Gasteiger partial charge in [-0.25, -0.2) is 9.97 Å². The average Bonchev–Trinajstić information content (AvgIpc) is 2.85. The molecule has 142 valence electrons. The van der Waals surface area contributed by atoms with Crippen molar-refractivity contribution in [2.24, 2.45) is 0 Å². The molecule has 0 fully saturated rings. The summed E-state index contributed by atoms with van der Waals surface area (Å²) in [5.74, 6) is 0.709.